The molecule has 0 amide bonds. The number of hydrogen-bond acceptors (Lipinski definition) is 3. The Morgan fingerprint density at radius 3 is 2.44 bits per heavy atom. The van der Waals surface area contributed by atoms with Gasteiger partial charge in [-0.25, -0.2) is 9.78 Å². The largest absolute Gasteiger partial charge is 0.477 e. The van der Waals surface area contributed by atoms with Gasteiger partial charge in [0.2, 0.25) is 0 Å². The summed E-state index contributed by atoms with van der Waals surface area (Å²) in [6.07, 6.45) is 1.69. The van der Waals surface area contributed by atoms with Gasteiger partial charge in [0.1, 0.15) is 4.88 Å². The molecule has 0 fully saturated rings. The highest BCUT2D eigenvalue weighted by Crippen LogP contribution is 2.19. The summed E-state index contributed by atoms with van der Waals surface area (Å²) in [5.74, 6) is -0.883. The van der Waals surface area contributed by atoms with E-state index in [2.05, 4.69) is 36.2 Å². The van der Waals surface area contributed by atoms with Crippen molar-refractivity contribution in [1.29, 1.82) is 0 Å². The van der Waals surface area contributed by atoms with Crippen LogP contribution in [-0.4, -0.2) is 16.1 Å². The van der Waals surface area contributed by atoms with Crippen molar-refractivity contribution in [2.75, 3.05) is 0 Å². The van der Waals surface area contributed by atoms with Crippen LogP contribution in [-0.2, 0) is 12.8 Å². The highest BCUT2D eigenvalue weighted by Gasteiger charge is 2.13. The second-order valence-corrected chi connectivity index (χ2v) is 5.40. The lowest BCUT2D eigenvalue weighted by Crippen LogP contribution is -1.94. The monoisotopic (exact) mass is 261 g/mol. The van der Waals surface area contributed by atoms with Crippen molar-refractivity contribution in [2.24, 2.45) is 0 Å². The molecular formula is C14H15NO2S. The minimum absolute atomic E-state index is 0.355. The molecule has 3 nitrogen and oxygen atoms in total. The van der Waals surface area contributed by atoms with Gasteiger partial charge in [-0.2, -0.15) is 0 Å². The average Bonchev–Trinajstić information content (AvgIpc) is 2.70. The van der Waals surface area contributed by atoms with Gasteiger partial charge >= 0.3 is 5.97 Å². The van der Waals surface area contributed by atoms with Crippen LogP contribution in [0.3, 0.4) is 0 Å². The van der Waals surface area contributed by atoms with E-state index < -0.39 is 5.97 Å². The molecule has 0 saturated carbocycles. The van der Waals surface area contributed by atoms with Crippen molar-refractivity contribution in [3.63, 3.8) is 0 Å². The Bertz CT molecular complexity index is 558. The quantitative estimate of drug-likeness (QED) is 0.919. The van der Waals surface area contributed by atoms with Crippen LogP contribution >= 0.6 is 11.3 Å². The normalized spacial score (nSPS) is 10.6. The van der Waals surface area contributed by atoms with Gasteiger partial charge in [0.05, 0.1) is 10.7 Å². The van der Waals surface area contributed by atoms with Crippen molar-refractivity contribution in [3.05, 3.63) is 51.0 Å². The first-order valence-electron chi connectivity index (χ1n) is 5.81. The van der Waals surface area contributed by atoms with Crippen LogP contribution in [0, 0.1) is 13.8 Å². The molecular weight excluding hydrogens is 246 g/mol. The summed E-state index contributed by atoms with van der Waals surface area (Å²) in [4.78, 5) is 15.6. The molecule has 0 aliphatic carbocycles. The van der Waals surface area contributed by atoms with Gasteiger partial charge in [0, 0.05) is 6.42 Å². The van der Waals surface area contributed by atoms with E-state index in [1.807, 2.05) is 0 Å². The van der Waals surface area contributed by atoms with Crippen molar-refractivity contribution in [3.8, 4) is 0 Å². The van der Waals surface area contributed by atoms with Gasteiger partial charge < -0.3 is 5.11 Å². The summed E-state index contributed by atoms with van der Waals surface area (Å²) in [7, 11) is 0. The van der Waals surface area contributed by atoms with Crippen LogP contribution in [0.4, 0.5) is 0 Å². The highest BCUT2D eigenvalue weighted by atomic mass is 32.1. The maximum Gasteiger partial charge on any atom is 0.347 e. The number of hydrogen-bond donors (Lipinski definition) is 1. The third kappa shape index (κ3) is 2.96. The minimum Gasteiger partial charge on any atom is -0.477 e. The first-order chi connectivity index (χ1) is 8.56. The van der Waals surface area contributed by atoms with Crippen LogP contribution in [0.5, 0.6) is 0 Å². The fraction of sp³-hybridized carbons (Fsp3) is 0.286. The van der Waals surface area contributed by atoms with Crippen LogP contribution in [0.2, 0.25) is 0 Å². The number of aromatic carboxylic acids is 1. The van der Waals surface area contributed by atoms with Crippen LogP contribution < -0.4 is 0 Å². The SMILES string of the molecule is Cc1ccc(CCc2nc(C)c(C(=O)O)s2)cc1. The Morgan fingerprint density at radius 1 is 1.22 bits per heavy atom. The molecule has 94 valence electrons. The summed E-state index contributed by atoms with van der Waals surface area (Å²) in [6, 6.07) is 8.39. The topological polar surface area (TPSA) is 50.2 Å². The van der Waals surface area contributed by atoms with Crippen LogP contribution in [0.25, 0.3) is 0 Å². The maximum atomic E-state index is 10.9. The number of thiazole rings is 1. The molecule has 1 aromatic heterocycles. The molecule has 1 aromatic carbocycles. The molecule has 0 saturated heterocycles. The summed E-state index contributed by atoms with van der Waals surface area (Å²) in [6.45, 7) is 3.81. The van der Waals surface area contributed by atoms with Gasteiger partial charge in [0.15, 0.2) is 0 Å². The first-order valence-corrected chi connectivity index (χ1v) is 6.63. The standard InChI is InChI=1S/C14H15NO2S/c1-9-3-5-11(6-4-9)7-8-12-15-10(2)13(18-12)14(16)17/h3-6H,7-8H2,1-2H3,(H,16,17). The summed E-state index contributed by atoms with van der Waals surface area (Å²) >= 11 is 1.28. The predicted molar refractivity (Wildman–Crippen MR) is 72.4 cm³/mol. The number of carbonyl (C=O) groups is 1. The molecule has 1 heterocycles. The molecule has 0 unspecified atom stereocenters. The Labute approximate surface area is 110 Å². The number of carboxylic acid groups (broad SMARTS) is 1. The highest BCUT2D eigenvalue weighted by molar-refractivity contribution is 7.13. The fourth-order valence-electron chi connectivity index (χ4n) is 1.76. The molecule has 0 spiro atoms. The first kappa shape index (κ1) is 12.8. The van der Waals surface area contributed by atoms with E-state index in [4.69, 9.17) is 5.11 Å². The zero-order valence-electron chi connectivity index (χ0n) is 10.4. The van der Waals surface area contributed by atoms with E-state index in [0.717, 1.165) is 17.8 Å². The molecule has 2 aromatic rings. The Hall–Kier alpha value is -1.68. The van der Waals surface area contributed by atoms with Gasteiger partial charge in [-0.15, -0.1) is 11.3 Å². The van der Waals surface area contributed by atoms with E-state index in [9.17, 15) is 4.79 Å². The molecule has 1 N–H and O–H groups in total. The van der Waals surface area contributed by atoms with Gasteiger partial charge in [-0.05, 0) is 25.8 Å². The summed E-state index contributed by atoms with van der Waals surface area (Å²) in [5, 5.41) is 9.86. The van der Waals surface area contributed by atoms with Crippen molar-refractivity contribution < 1.29 is 9.90 Å². The minimum atomic E-state index is -0.883. The zero-order chi connectivity index (χ0) is 13.1. The molecule has 18 heavy (non-hydrogen) atoms. The van der Waals surface area contributed by atoms with E-state index in [1.54, 1.807) is 6.92 Å². The lowest BCUT2D eigenvalue weighted by Gasteiger charge is -1.99. The van der Waals surface area contributed by atoms with Crippen molar-refractivity contribution >= 4 is 17.3 Å². The smallest absolute Gasteiger partial charge is 0.347 e. The lowest BCUT2D eigenvalue weighted by atomic mass is 10.1. The fourth-order valence-corrected chi connectivity index (χ4v) is 2.67. The second-order valence-electron chi connectivity index (χ2n) is 4.31. The Morgan fingerprint density at radius 2 is 1.89 bits per heavy atom. The van der Waals surface area contributed by atoms with Crippen molar-refractivity contribution in [1.82, 2.24) is 4.98 Å². The Balaban J connectivity index is 2.04. The molecule has 4 heteroatoms. The average molecular weight is 261 g/mol. The number of aromatic nitrogens is 1. The summed E-state index contributed by atoms with van der Waals surface area (Å²) in [5.41, 5.74) is 3.12. The maximum absolute atomic E-state index is 10.9. The third-order valence-corrected chi connectivity index (χ3v) is 3.99. The van der Waals surface area contributed by atoms with Crippen molar-refractivity contribution in [2.45, 2.75) is 26.7 Å². The van der Waals surface area contributed by atoms with Gasteiger partial charge in [0.25, 0.3) is 0 Å². The number of rotatable bonds is 4. The molecule has 0 radical (unpaired) electrons. The Kier molecular flexibility index (Phi) is 3.77. The number of benzene rings is 1. The second kappa shape index (κ2) is 5.31. The zero-order valence-corrected chi connectivity index (χ0v) is 11.3. The molecule has 2 rings (SSSR count). The van der Waals surface area contributed by atoms with Gasteiger partial charge in [-0.1, -0.05) is 29.8 Å². The van der Waals surface area contributed by atoms with Gasteiger partial charge in [-0.3, -0.25) is 0 Å². The van der Waals surface area contributed by atoms with E-state index >= 15 is 0 Å². The van der Waals surface area contributed by atoms with Crippen LogP contribution in [0.15, 0.2) is 24.3 Å². The molecule has 0 aliphatic heterocycles. The molecule has 0 atom stereocenters. The lowest BCUT2D eigenvalue weighted by molar-refractivity contribution is 0.0701. The predicted octanol–water partition coefficient (Wildman–Crippen LogP) is 3.24. The number of carboxylic acids is 1. The third-order valence-electron chi connectivity index (χ3n) is 2.78. The van der Waals surface area contributed by atoms with E-state index in [1.165, 1.54) is 22.5 Å². The van der Waals surface area contributed by atoms with E-state index in [0.29, 0.717) is 10.6 Å². The molecule has 0 aliphatic rings. The number of nitrogens with zero attached hydrogens (tertiary/aromatic N) is 1. The van der Waals surface area contributed by atoms with Crippen LogP contribution in [0.1, 0.15) is 31.5 Å². The number of aryl methyl sites for hydroxylation is 4. The molecule has 0 bridgehead atoms. The van der Waals surface area contributed by atoms with E-state index in [-0.39, 0.29) is 0 Å². The summed E-state index contributed by atoms with van der Waals surface area (Å²) < 4.78 is 0.